The number of carbonyl (C=O) groups is 1. The molecular weight excluding hydrogens is 220 g/mol. The molecule has 0 bridgehead atoms. The summed E-state index contributed by atoms with van der Waals surface area (Å²) in [5, 5.41) is 3.03. The highest BCUT2D eigenvalue weighted by atomic mass is 16.5. The second kappa shape index (κ2) is 6.21. The molecule has 2 fully saturated rings. The lowest BCUT2D eigenvalue weighted by atomic mass is 9.99. The number of nitrogens with zero attached hydrogens (tertiary/aromatic N) is 1. The van der Waals surface area contributed by atoms with Crippen LogP contribution in [0.15, 0.2) is 0 Å². The van der Waals surface area contributed by atoms with Gasteiger partial charge < -0.3 is 19.7 Å². The molecule has 17 heavy (non-hydrogen) atoms. The molecule has 0 aromatic heterocycles. The van der Waals surface area contributed by atoms with Gasteiger partial charge in [0.2, 0.25) is 0 Å². The zero-order valence-corrected chi connectivity index (χ0v) is 10.5. The van der Waals surface area contributed by atoms with Crippen molar-refractivity contribution in [1.29, 1.82) is 0 Å². The highest BCUT2D eigenvalue weighted by molar-refractivity contribution is 5.74. The molecule has 0 saturated carbocycles. The number of likely N-dealkylation sites (tertiary alicyclic amines) is 1. The lowest BCUT2D eigenvalue weighted by molar-refractivity contribution is 0.0991. The minimum absolute atomic E-state index is 0.0568. The number of hydrogen-bond acceptors (Lipinski definition) is 3. The SMILES string of the molecule is COCC1CCCN(C(=O)NC2CCOC2)C1. The lowest BCUT2D eigenvalue weighted by Gasteiger charge is -2.33. The molecule has 2 saturated heterocycles. The number of hydrogen-bond donors (Lipinski definition) is 1. The number of rotatable bonds is 3. The van der Waals surface area contributed by atoms with Crippen LogP contribution in [0.5, 0.6) is 0 Å². The van der Waals surface area contributed by atoms with Crippen LogP contribution in [0.25, 0.3) is 0 Å². The van der Waals surface area contributed by atoms with Gasteiger partial charge in [0.05, 0.1) is 19.3 Å². The third-order valence-corrected chi connectivity index (χ3v) is 3.47. The van der Waals surface area contributed by atoms with Crippen molar-refractivity contribution in [3.8, 4) is 0 Å². The number of amides is 2. The summed E-state index contributed by atoms with van der Waals surface area (Å²) in [7, 11) is 1.72. The van der Waals surface area contributed by atoms with Gasteiger partial charge in [-0.3, -0.25) is 0 Å². The molecule has 0 aliphatic carbocycles. The first-order valence-electron chi connectivity index (χ1n) is 6.41. The Morgan fingerprint density at radius 1 is 1.53 bits per heavy atom. The van der Waals surface area contributed by atoms with E-state index in [0.29, 0.717) is 12.5 Å². The highest BCUT2D eigenvalue weighted by Crippen LogP contribution is 2.17. The van der Waals surface area contributed by atoms with Crippen molar-refractivity contribution >= 4 is 6.03 Å². The van der Waals surface area contributed by atoms with E-state index in [-0.39, 0.29) is 12.1 Å². The van der Waals surface area contributed by atoms with Crippen LogP contribution in [-0.2, 0) is 9.47 Å². The predicted molar refractivity (Wildman–Crippen MR) is 63.9 cm³/mol. The monoisotopic (exact) mass is 242 g/mol. The molecule has 0 spiro atoms. The van der Waals surface area contributed by atoms with Crippen LogP contribution in [0.1, 0.15) is 19.3 Å². The summed E-state index contributed by atoms with van der Waals surface area (Å²) < 4.78 is 10.4. The number of ether oxygens (including phenoxy) is 2. The van der Waals surface area contributed by atoms with Gasteiger partial charge in [-0.1, -0.05) is 0 Å². The minimum Gasteiger partial charge on any atom is -0.384 e. The molecule has 0 aromatic carbocycles. The maximum absolute atomic E-state index is 12.0. The normalized spacial score (nSPS) is 29.4. The van der Waals surface area contributed by atoms with Crippen molar-refractivity contribution in [2.45, 2.75) is 25.3 Å². The quantitative estimate of drug-likeness (QED) is 0.798. The Balaban J connectivity index is 1.77. The molecule has 5 nitrogen and oxygen atoms in total. The van der Waals surface area contributed by atoms with Gasteiger partial charge in [-0.25, -0.2) is 4.79 Å². The van der Waals surface area contributed by atoms with Gasteiger partial charge in [0.25, 0.3) is 0 Å². The molecule has 2 aliphatic heterocycles. The maximum Gasteiger partial charge on any atom is 0.317 e. The Kier molecular flexibility index (Phi) is 4.62. The molecule has 0 radical (unpaired) electrons. The topological polar surface area (TPSA) is 50.8 Å². The lowest BCUT2D eigenvalue weighted by Crippen LogP contribution is -2.49. The van der Waals surface area contributed by atoms with Crippen molar-refractivity contribution in [3.63, 3.8) is 0 Å². The fourth-order valence-electron chi connectivity index (χ4n) is 2.54. The van der Waals surface area contributed by atoms with Crippen molar-refractivity contribution in [3.05, 3.63) is 0 Å². The summed E-state index contributed by atoms with van der Waals surface area (Å²) in [5.41, 5.74) is 0. The van der Waals surface area contributed by atoms with Crippen molar-refractivity contribution in [2.24, 2.45) is 5.92 Å². The van der Waals surface area contributed by atoms with E-state index in [1.165, 1.54) is 0 Å². The smallest absolute Gasteiger partial charge is 0.317 e. The van der Waals surface area contributed by atoms with E-state index in [4.69, 9.17) is 9.47 Å². The zero-order chi connectivity index (χ0) is 12.1. The van der Waals surface area contributed by atoms with Crippen LogP contribution < -0.4 is 5.32 Å². The molecule has 2 unspecified atom stereocenters. The fraction of sp³-hybridized carbons (Fsp3) is 0.917. The standard InChI is InChI=1S/C12H22N2O3/c1-16-8-10-3-2-5-14(7-10)12(15)13-11-4-6-17-9-11/h10-11H,2-9H2,1H3,(H,13,15). The van der Waals surface area contributed by atoms with Crippen LogP contribution in [0.4, 0.5) is 4.79 Å². The Bertz CT molecular complexity index is 252. The predicted octanol–water partition coefficient (Wildman–Crippen LogP) is 0.843. The van der Waals surface area contributed by atoms with Crippen LogP contribution in [0.2, 0.25) is 0 Å². The molecule has 1 N–H and O–H groups in total. The summed E-state index contributed by atoms with van der Waals surface area (Å²) in [6.07, 6.45) is 3.16. The molecule has 2 rings (SSSR count). The van der Waals surface area contributed by atoms with Crippen molar-refractivity contribution in [2.75, 3.05) is 40.0 Å². The second-order valence-electron chi connectivity index (χ2n) is 4.92. The molecular formula is C12H22N2O3. The Labute approximate surface area is 102 Å². The van der Waals surface area contributed by atoms with Crippen molar-refractivity contribution < 1.29 is 14.3 Å². The minimum atomic E-state index is 0.0568. The van der Waals surface area contributed by atoms with Crippen molar-refractivity contribution in [1.82, 2.24) is 10.2 Å². The molecule has 2 heterocycles. The molecule has 2 amide bonds. The van der Waals surface area contributed by atoms with Gasteiger partial charge in [-0.15, -0.1) is 0 Å². The van der Waals surface area contributed by atoms with E-state index < -0.39 is 0 Å². The molecule has 98 valence electrons. The summed E-state index contributed by atoms with van der Waals surface area (Å²) in [6.45, 7) is 3.83. The van der Waals surface area contributed by atoms with Gasteiger partial charge in [-0.05, 0) is 19.3 Å². The number of urea groups is 1. The average molecular weight is 242 g/mol. The summed E-state index contributed by atoms with van der Waals surface area (Å²) >= 11 is 0. The first kappa shape index (κ1) is 12.6. The first-order valence-corrected chi connectivity index (χ1v) is 6.41. The van der Waals surface area contributed by atoms with E-state index in [2.05, 4.69) is 5.32 Å². The number of methoxy groups -OCH3 is 1. The maximum atomic E-state index is 12.0. The fourth-order valence-corrected chi connectivity index (χ4v) is 2.54. The van der Waals surface area contributed by atoms with Gasteiger partial charge >= 0.3 is 6.03 Å². The second-order valence-corrected chi connectivity index (χ2v) is 4.92. The Hall–Kier alpha value is -0.810. The van der Waals surface area contributed by atoms with E-state index in [9.17, 15) is 4.79 Å². The number of piperidine rings is 1. The van der Waals surface area contributed by atoms with Gasteiger partial charge in [0.1, 0.15) is 0 Å². The Morgan fingerprint density at radius 2 is 2.41 bits per heavy atom. The molecule has 2 aliphatic rings. The molecule has 2 atom stereocenters. The number of carbonyl (C=O) groups excluding carboxylic acids is 1. The zero-order valence-electron chi connectivity index (χ0n) is 10.5. The highest BCUT2D eigenvalue weighted by Gasteiger charge is 2.26. The van der Waals surface area contributed by atoms with Crippen LogP contribution in [0, 0.1) is 5.92 Å². The van der Waals surface area contributed by atoms with Gasteiger partial charge in [-0.2, -0.15) is 0 Å². The van der Waals surface area contributed by atoms with Crippen LogP contribution >= 0.6 is 0 Å². The van der Waals surface area contributed by atoms with Gasteiger partial charge in [0.15, 0.2) is 0 Å². The summed E-state index contributed by atoms with van der Waals surface area (Å²) in [6, 6.07) is 0.256. The molecule has 0 aromatic rings. The van der Waals surface area contributed by atoms with Gasteiger partial charge in [0, 0.05) is 32.7 Å². The van der Waals surface area contributed by atoms with E-state index in [1.54, 1.807) is 7.11 Å². The number of nitrogens with one attached hydrogen (secondary N) is 1. The van der Waals surface area contributed by atoms with Crippen LogP contribution in [-0.4, -0.2) is 57.0 Å². The largest absolute Gasteiger partial charge is 0.384 e. The summed E-state index contributed by atoms with van der Waals surface area (Å²) in [5.74, 6) is 0.485. The van der Waals surface area contributed by atoms with E-state index in [1.807, 2.05) is 4.90 Å². The summed E-state index contributed by atoms with van der Waals surface area (Å²) in [4.78, 5) is 13.9. The van der Waals surface area contributed by atoms with E-state index >= 15 is 0 Å². The molecule has 5 heteroatoms. The Morgan fingerprint density at radius 3 is 3.12 bits per heavy atom. The van der Waals surface area contributed by atoms with E-state index in [0.717, 1.165) is 45.6 Å². The van der Waals surface area contributed by atoms with Crippen LogP contribution in [0.3, 0.4) is 0 Å². The third kappa shape index (κ3) is 3.57. The first-order chi connectivity index (χ1) is 8.29. The average Bonchev–Trinajstić information content (AvgIpc) is 2.83. The third-order valence-electron chi connectivity index (χ3n) is 3.47.